The van der Waals surface area contributed by atoms with Gasteiger partial charge in [-0.2, -0.15) is 15.1 Å². The summed E-state index contributed by atoms with van der Waals surface area (Å²) in [6, 6.07) is 1.87. The van der Waals surface area contributed by atoms with Crippen molar-refractivity contribution >= 4 is 5.95 Å². The van der Waals surface area contributed by atoms with Crippen LogP contribution in [0.3, 0.4) is 0 Å². The van der Waals surface area contributed by atoms with Crippen molar-refractivity contribution in [3.63, 3.8) is 0 Å². The van der Waals surface area contributed by atoms with Gasteiger partial charge in [0.25, 0.3) is 0 Å². The molecule has 2 N–H and O–H groups in total. The van der Waals surface area contributed by atoms with E-state index in [1.165, 1.54) is 0 Å². The van der Waals surface area contributed by atoms with Gasteiger partial charge in [0.1, 0.15) is 11.5 Å². The topological polar surface area (TPSA) is 82.5 Å². The zero-order valence-electron chi connectivity index (χ0n) is 8.96. The molecule has 0 amide bonds. The molecule has 1 fully saturated rings. The maximum Gasteiger partial charge on any atom is 0.223 e. The van der Waals surface area contributed by atoms with E-state index in [1.807, 2.05) is 19.3 Å². The minimum Gasteiger partial charge on any atom is -0.368 e. The van der Waals surface area contributed by atoms with Crippen molar-refractivity contribution < 1.29 is 0 Å². The van der Waals surface area contributed by atoms with Crippen molar-refractivity contribution in [3.8, 4) is 11.5 Å². The summed E-state index contributed by atoms with van der Waals surface area (Å²) in [5.41, 5.74) is 6.41. The van der Waals surface area contributed by atoms with E-state index in [9.17, 15) is 0 Å². The number of anilines is 1. The molecule has 0 unspecified atom stereocenters. The second-order valence-corrected chi connectivity index (χ2v) is 4.02. The zero-order chi connectivity index (χ0) is 11.1. The molecule has 1 aliphatic carbocycles. The van der Waals surface area contributed by atoms with Crippen LogP contribution in [0.15, 0.2) is 12.3 Å². The number of hydrogen-bond acceptors (Lipinski definition) is 5. The summed E-state index contributed by atoms with van der Waals surface area (Å²) >= 11 is 0. The van der Waals surface area contributed by atoms with Crippen molar-refractivity contribution in [1.82, 2.24) is 24.7 Å². The average molecular weight is 216 g/mol. The monoisotopic (exact) mass is 216 g/mol. The molecule has 2 aromatic heterocycles. The van der Waals surface area contributed by atoms with Crippen LogP contribution in [0.1, 0.15) is 24.6 Å². The molecule has 0 aliphatic heterocycles. The van der Waals surface area contributed by atoms with E-state index < -0.39 is 0 Å². The second-order valence-electron chi connectivity index (χ2n) is 4.02. The summed E-state index contributed by atoms with van der Waals surface area (Å²) in [5, 5.41) is 4.25. The smallest absolute Gasteiger partial charge is 0.223 e. The SMILES string of the molecule is Cn1ccc(-c2nc(N)nc(C3CC3)n2)n1. The third kappa shape index (κ3) is 1.62. The predicted molar refractivity (Wildman–Crippen MR) is 58.4 cm³/mol. The zero-order valence-corrected chi connectivity index (χ0v) is 8.96. The first-order valence-corrected chi connectivity index (χ1v) is 5.24. The summed E-state index contributed by atoms with van der Waals surface area (Å²) in [6.45, 7) is 0. The van der Waals surface area contributed by atoms with Gasteiger partial charge in [-0.25, -0.2) is 4.98 Å². The summed E-state index contributed by atoms with van der Waals surface area (Å²) < 4.78 is 1.71. The first-order chi connectivity index (χ1) is 7.72. The van der Waals surface area contributed by atoms with Crippen LogP contribution >= 0.6 is 0 Å². The number of hydrogen-bond donors (Lipinski definition) is 1. The van der Waals surface area contributed by atoms with Gasteiger partial charge in [-0.1, -0.05) is 0 Å². The number of aromatic nitrogens is 5. The van der Waals surface area contributed by atoms with E-state index in [1.54, 1.807) is 4.68 Å². The Morgan fingerprint density at radius 1 is 1.31 bits per heavy atom. The molecule has 0 spiro atoms. The van der Waals surface area contributed by atoms with Gasteiger partial charge in [0.05, 0.1) is 0 Å². The van der Waals surface area contributed by atoms with E-state index >= 15 is 0 Å². The molecule has 2 aromatic rings. The fourth-order valence-corrected chi connectivity index (χ4v) is 1.58. The van der Waals surface area contributed by atoms with E-state index in [4.69, 9.17) is 5.73 Å². The van der Waals surface area contributed by atoms with E-state index in [-0.39, 0.29) is 5.95 Å². The van der Waals surface area contributed by atoms with Crippen molar-refractivity contribution in [3.05, 3.63) is 18.1 Å². The largest absolute Gasteiger partial charge is 0.368 e. The molecule has 3 rings (SSSR count). The number of aryl methyl sites for hydroxylation is 1. The van der Waals surface area contributed by atoms with Crippen LogP contribution in [-0.2, 0) is 7.05 Å². The van der Waals surface area contributed by atoms with E-state index in [0.717, 1.165) is 24.4 Å². The first kappa shape index (κ1) is 9.26. The van der Waals surface area contributed by atoms with Gasteiger partial charge in [-0.15, -0.1) is 0 Å². The van der Waals surface area contributed by atoms with Crippen LogP contribution < -0.4 is 5.73 Å². The highest BCUT2D eigenvalue weighted by Crippen LogP contribution is 2.38. The average Bonchev–Trinajstić information content (AvgIpc) is 3.01. The molecular formula is C10H12N6. The summed E-state index contributed by atoms with van der Waals surface area (Å²) in [6.07, 6.45) is 4.14. The van der Waals surface area contributed by atoms with E-state index in [2.05, 4.69) is 20.1 Å². The Labute approximate surface area is 92.5 Å². The Kier molecular flexibility index (Phi) is 1.89. The normalized spacial score (nSPS) is 15.3. The standard InChI is InChI=1S/C10H12N6/c1-16-5-4-7(15-16)9-12-8(6-2-3-6)13-10(11)14-9/h4-6H,2-3H2,1H3,(H2,11,12,13,14). The lowest BCUT2D eigenvalue weighted by Crippen LogP contribution is -2.04. The Bertz CT molecular complexity index is 528. The Balaban J connectivity index is 2.06. The third-order valence-corrected chi connectivity index (χ3v) is 2.56. The van der Waals surface area contributed by atoms with Crippen molar-refractivity contribution in [1.29, 1.82) is 0 Å². The summed E-state index contributed by atoms with van der Waals surface area (Å²) in [7, 11) is 1.86. The van der Waals surface area contributed by atoms with Crippen molar-refractivity contribution in [2.45, 2.75) is 18.8 Å². The van der Waals surface area contributed by atoms with Gasteiger partial charge in [0, 0.05) is 19.2 Å². The van der Waals surface area contributed by atoms with Crippen LogP contribution in [0.25, 0.3) is 11.5 Å². The highest BCUT2D eigenvalue weighted by molar-refractivity contribution is 5.49. The lowest BCUT2D eigenvalue weighted by atomic mass is 10.3. The minimum atomic E-state index is 0.276. The van der Waals surface area contributed by atoms with E-state index in [0.29, 0.717) is 11.7 Å². The highest BCUT2D eigenvalue weighted by atomic mass is 15.3. The maximum absolute atomic E-state index is 5.67. The quantitative estimate of drug-likeness (QED) is 0.800. The van der Waals surface area contributed by atoms with Crippen LogP contribution in [0.4, 0.5) is 5.95 Å². The highest BCUT2D eigenvalue weighted by Gasteiger charge is 2.27. The Hall–Kier alpha value is -1.98. The molecule has 2 heterocycles. The van der Waals surface area contributed by atoms with Gasteiger partial charge >= 0.3 is 0 Å². The number of rotatable bonds is 2. The molecule has 0 aromatic carbocycles. The fourth-order valence-electron chi connectivity index (χ4n) is 1.58. The van der Waals surface area contributed by atoms with Gasteiger partial charge in [-0.3, -0.25) is 4.68 Å². The summed E-state index contributed by atoms with van der Waals surface area (Å²) in [5.74, 6) is 2.11. The van der Waals surface area contributed by atoms with Gasteiger partial charge in [0.2, 0.25) is 5.95 Å². The van der Waals surface area contributed by atoms with Crippen LogP contribution in [0, 0.1) is 0 Å². The van der Waals surface area contributed by atoms with Gasteiger partial charge in [-0.05, 0) is 18.9 Å². The minimum absolute atomic E-state index is 0.276. The molecule has 0 radical (unpaired) electrons. The maximum atomic E-state index is 5.67. The third-order valence-electron chi connectivity index (χ3n) is 2.56. The molecule has 0 saturated heterocycles. The molecule has 1 aliphatic rings. The lowest BCUT2D eigenvalue weighted by molar-refractivity contribution is 0.767. The Morgan fingerprint density at radius 2 is 2.12 bits per heavy atom. The first-order valence-electron chi connectivity index (χ1n) is 5.24. The van der Waals surface area contributed by atoms with Crippen LogP contribution in [-0.4, -0.2) is 24.7 Å². The molecule has 6 heteroatoms. The van der Waals surface area contributed by atoms with Crippen molar-refractivity contribution in [2.75, 3.05) is 5.73 Å². The molecule has 0 atom stereocenters. The molecular weight excluding hydrogens is 204 g/mol. The summed E-state index contributed by atoms with van der Waals surface area (Å²) in [4.78, 5) is 12.7. The number of nitrogen functional groups attached to an aromatic ring is 1. The lowest BCUT2D eigenvalue weighted by Gasteiger charge is -2.01. The predicted octanol–water partition coefficient (Wildman–Crippen LogP) is 0.732. The fraction of sp³-hybridized carbons (Fsp3) is 0.400. The Morgan fingerprint density at radius 3 is 2.75 bits per heavy atom. The number of nitrogens with two attached hydrogens (primary N) is 1. The van der Waals surface area contributed by atoms with Crippen molar-refractivity contribution in [2.24, 2.45) is 7.05 Å². The van der Waals surface area contributed by atoms with Crippen LogP contribution in [0.5, 0.6) is 0 Å². The van der Waals surface area contributed by atoms with Gasteiger partial charge < -0.3 is 5.73 Å². The van der Waals surface area contributed by atoms with Gasteiger partial charge in [0.15, 0.2) is 5.82 Å². The van der Waals surface area contributed by atoms with Crippen LogP contribution in [0.2, 0.25) is 0 Å². The molecule has 6 nitrogen and oxygen atoms in total. The molecule has 0 bridgehead atoms. The second kappa shape index (κ2) is 3.26. The number of nitrogens with zero attached hydrogens (tertiary/aromatic N) is 5. The molecule has 16 heavy (non-hydrogen) atoms. The molecule has 1 saturated carbocycles. The molecule has 82 valence electrons.